The number of carboxylic acid groups (broad SMARTS) is 1. The number of hydrogen-bond acceptors (Lipinski definition) is 3. The van der Waals surface area contributed by atoms with Gasteiger partial charge < -0.3 is 9.84 Å². The van der Waals surface area contributed by atoms with Crippen molar-refractivity contribution in [3.8, 4) is 5.75 Å². The summed E-state index contributed by atoms with van der Waals surface area (Å²) in [4.78, 5) is 13.7. The number of halogens is 1. The summed E-state index contributed by atoms with van der Waals surface area (Å²) in [5.74, 6) is 0.182. The van der Waals surface area contributed by atoms with Gasteiger partial charge in [-0.15, -0.1) is 0 Å². The highest BCUT2D eigenvalue weighted by molar-refractivity contribution is 9.10. The second-order valence-corrected chi connectivity index (χ2v) is 6.58. The van der Waals surface area contributed by atoms with Crippen LogP contribution in [0.3, 0.4) is 0 Å². The van der Waals surface area contributed by atoms with Crippen LogP contribution in [0.5, 0.6) is 5.75 Å². The lowest BCUT2D eigenvalue weighted by Crippen LogP contribution is -2.35. The van der Waals surface area contributed by atoms with Gasteiger partial charge in [0.1, 0.15) is 12.4 Å². The number of ether oxygens (including phenoxy) is 1. The molecule has 0 saturated carbocycles. The maximum Gasteiger partial charge on any atom is 0.310 e. The molecule has 0 radical (unpaired) electrons. The van der Waals surface area contributed by atoms with Crippen molar-refractivity contribution in [2.75, 3.05) is 26.2 Å². The highest BCUT2D eigenvalue weighted by Crippen LogP contribution is 2.35. The number of aliphatic carboxylic acids is 1. The molecular formula is C16H22BrNO3. The van der Waals surface area contributed by atoms with E-state index >= 15 is 0 Å². The molecule has 2 rings (SSSR count). The van der Waals surface area contributed by atoms with Crippen LogP contribution in [-0.2, 0) is 4.79 Å². The SMILES string of the molecule is CCCC1(C(=O)O)CCN(CCOc2cccc(Br)c2)C1. The van der Waals surface area contributed by atoms with Crippen molar-refractivity contribution in [2.45, 2.75) is 26.2 Å². The average molecular weight is 356 g/mol. The summed E-state index contributed by atoms with van der Waals surface area (Å²) in [6.45, 7) is 4.87. The number of hydrogen-bond donors (Lipinski definition) is 1. The molecule has 0 spiro atoms. The van der Waals surface area contributed by atoms with Crippen molar-refractivity contribution in [1.82, 2.24) is 4.90 Å². The lowest BCUT2D eigenvalue weighted by atomic mass is 9.83. The highest BCUT2D eigenvalue weighted by atomic mass is 79.9. The first kappa shape index (κ1) is 16.3. The van der Waals surface area contributed by atoms with Gasteiger partial charge in [-0.05, 0) is 37.6 Å². The van der Waals surface area contributed by atoms with Crippen LogP contribution < -0.4 is 4.74 Å². The summed E-state index contributed by atoms with van der Waals surface area (Å²) in [6, 6.07) is 7.75. The molecule has 1 unspecified atom stereocenters. The van der Waals surface area contributed by atoms with Crippen molar-refractivity contribution < 1.29 is 14.6 Å². The summed E-state index contributed by atoms with van der Waals surface area (Å²) in [5, 5.41) is 9.48. The van der Waals surface area contributed by atoms with Crippen LogP contribution in [0, 0.1) is 5.41 Å². The Hall–Kier alpha value is -1.07. The van der Waals surface area contributed by atoms with E-state index in [1.807, 2.05) is 31.2 Å². The van der Waals surface area contributed by atoms with Crippen molar-refractivity contribution in [1.29, 1.82) is 0 Å². The molecule has 4 nitrogen and oxygen atoms in total. The average Bonchev–Trinajstić information content (AvgIpc) is 2.84. The van der Waals surface area contributed by atoms with Crippen LogP contribution in [0.1, 0.15) is 26.2 Å². The molecule has 1 aliphatic heterocycles. The fourth-order valence-electron chi connectivity index (χ4n) is 2.96. The van der Waals surface area contributed by atoms with Crippen LogP contribution in [0.15, 0.2) is 28.7 Å². The molecule has 116 valence electrons. The molecule has 0 amide bonds. The van der Waals surface area contributed by atoms with Gasteiger partial charge >= 0.3 is 5.97 Å². The zero-order valence-corrected chi connectivity index (χ0v) is 13.9. The van der Waals surface area contributed by atoms with Gasteiger partial charge in [0.2, 0.25) is 0 Å². The first-order valence-electron chi connectivity index (χ1n) is 7.40. The number of likely N-dealkylation sites (tertiary alicyclic amines) is 1. The number of nitrogens with zero attached hydrogens (tertiary/aromatic N) is 1. The molecule has 1 N–H and O–H groups in total. The van der Waals surface area contributed by atoms with Crippen molar-refractivity contribution in [3.05, 3.63) is 28.7 Å². The molecule has 1 aromatic carbocycles. The van der Waals surface area contributed by atoms with E-state index in [9.17, 15) is 9.90 Å². The first-order valence-corrected chi connectivity index (χ1v) is 8.19. The van der Waals surface area contributed by atoms with Crippen molar-refractivity contribution in [3.63, 3.8) is 0 Å². The molecule has 1 aromatic rings. The molecule has 0 aromatic heterocycles. The van der Waals surface area contributed by atoms with Gasteiger partial charge in [-0.1, -0.05) is 35.3 Å². The quantitative estimate of drug-likeness (QED) is 0.814. The van der Waals surface area contributed by atoms with Gasteiger partial charge in [-0.2, -0.15) is 0 Å². The summed E-state index contributed by atoms with van der Waals surface area (Å²) in [6.07, 6.45) is 2.41. The normalized spacial score (nSPS) is 22.4. The molecule has 1 atom stereocenters. The monoisotopic (exact) mass is 355 g/mol. The number of rotatable bonds is 7. The Balaban J connectivity index is 1.81. The summed E-state index contributed by atoms with van der Waals surface area (Å²) >= 11 is 3.41. The highest BCUT2D eigenvalue weighted by Gasteiger charge is 2.43. The van der Waals surface area contributed by atoms with E-state index in [0.29, 0.717) is 13.2 Å². The smallest absolute Gasteiger partial charge is 0.310 e. The van der Waals surface area contributed by atoms with E-state index in [1.54, 1.807) is 0 Å². The lowest BCUT2D eigenvalue weighted by Gasteiger charge is -2.24. The Kier molecular flexibility index (Phi) is 5.65. The second-order valence-electron chi connectivity index (χ2n) is 5.67. The summed E-state index contributed by atoms with van der Waals surface area (Å²) in [5.41, 5.74) is -0.551. The Bertz CT molecular complexity index is 494. The van der Waals surface area contributed by atoms with Crippen LogP contribution in [0.2, 0.25) is 0 Å². The van der Waals surface area contributed by atoms with E-state index in [0.717, 1.165) is 42.6 Å². The maximum atomic E-state index is 11.5. The second kappa shape index (κ2) is 7.27. The van der Waals surface area contributed by atoms with Gasteiger partial charge in [0.15, 0.2) is 0 Å². The van der Waals surface area contributed by atoms with E-state index in [-0.39, 0.29) is 0 Å². The van der Waals surface area contributed by atoms with Crippen molar-refractivity contribution in [2.24, 2.45) is 5.41 Å². The molecule has 5 heteroatoms. The van der Waals surface area contributed by atoms with Crippen molar-refractivity contribution >= 4 is 21.9 Å². The van der Waals surface area contributed by atoms with Gasteiger partial charge in [-0.25, -0.2) is 0 Å². The fourth-order valence-corrected chi connectivity index (χ4v) is 3.34. The predicted molar refractivity (Wildman–Crippen MR) is 85.7 cm³/mol. The third kappa shape index (κ3) is 4.20. The van der Waals surface area contributed by atoms with Crippen LogP contribution >= 0.6 is 15.9 Å². The molecular weight excluding hydrogens is 334 g/mol. The molecule has 1 heterocycles. The van der Waals surface area contributed by atoms with Gasteiger partial charge in [0, 0.05) is 17.6 Å². The minimum absolute atomic E-state index is 0.551. The Morgan fingerprint density at radius 1 is 1.52 bits per heavy atom. The molecule has 21 heavy (non-hydrogen) atoms. The lowest BCUT2D eigenvalue weighted by molar-refractivity contribution is -0.148. The Labute approximate surface area is 134 Å². The van der Waals surface area contributed by atoms with E-state index < -0.39 is 11.4 Å². The number of benzene rings is 1. The van der Waals surface area contributed by atoms with Crippen LogP contribution in [-0.4, -0.2) is 42.2 Å². The molecule has 0 aliphatic carbocycles. The third-order valence-corrected chi connectivity index (χ3v) is 4.58. The topological polar surface area (TPSA) is 49.8 Å². The summed E-state index contributed by atoms with van der Waals surface area (Å²) in [7, 11) is 0. The molecule has 1 aliphatic rings. The van der Waals surface area contributed by atoms with E-state index in [4.69, 9.17) is 4.74 Å². The molecule has 1 fully saturated rings. The van der Waals surface area contributed by atoms with Crippen LogP contribution in [0.25, 0.3) is 0 Å². The van der Waals surface area contributed by atoms with Gasteiger partial charge in [0.25, 0.3) is 0 Å². The van der Waals surface area contributed by atoms with Gasteiger partial charge in [0.05, 0.1) is 5.41 Å². The number of carbonyl (C=O) groups is 1. The largest absolute Gasteiger partial charge is 0.492 e. The zero-order chi connectivity index (χ0) is 15.3. The summed E-state index contributed by atoms with van der Waals surface area (Å²) < 4.78 is 6.71. The molecule has 1 saturated heterocycles. The minimum Gasteiger partial charge on any atom is -0.492 e. The van der Waals surface area contributed by atoms with E-state index in [2.05, 4.69) is 20.8 Å². The van der Waals surface area contributed by atoms with Gasteiger partial charge in [-0.3, -0.25) is 9.69 Å². The maximum absolute atomic E-state index is 11.5. The number of carboxylic acids is 1. The third-order valence-electron chi connectivity index (χ3n) is 4.09. The standard InChI is InChI=1S/C16H22BrNO3/c1-2-6-16(15(19)20)7-8-18(12-16)9-10-21-14-5-3-4-13(17)11-14/h3-5,11H,2,6-10,12H2,1H3,(H,19,20). The fraction of sp³-hybridized carbons (Fsp3) is 0.562. The Morgan fingerprint density at radius 2 is 2.33 bits per heavy atom. The minimum atomic E-state index is -0.653. The van der Waals surface area contributed by atoms with Crippen LogP contribution in [0.4, 0.5) is 0 Å². The zero-order valence-electron chi connectivity index (χ0n) is 12.3. The first-order chi connectivity index (χ1) is 10.1. The van der Waals surface area contributed by atoms with E-state index in [1.165, 1.54) is 0 Å². The predicted octanol–water partition coefficient (Wildman–Crippen LogP) is 3.40. The Morgan fingerprint density at radius 3 is 3.00 bits per heavy atom. The molecule has 0 bridgehead atoms.